The molecule has 1 nitrogen and oxygen atoms in total. The standard InChI is InChI=1S/C16H15BrClFO/c17-15-6-5-14(19)9-13(15)8-11(10-20)7-12-3-1-2-4-16(12)18/h1-6,9,11,20H,7-8,10H2. The molecule has 2 aromatic rings. The molecule has 2 rings (SSSR count). The molecular formula is C16H15BrClFO. The minimum atomic E-state index is -0.266. The molecule has 1 N–H and O–H groups in total. The van der Waals surface area contributed by atoms with E-state index >= 15 is 0 Å². The Morgan fingerprint density at radius 2 is 1.80 bits per heavy atom. The average molecular weight is 358 g/mol. The minimum absolute atomic E-state index is 0.00741. The van der Waals surface area contributed by atoms with E-state index in [1.807, 2.05) is 24.3 Å². The number of aliphatic hydroxyl groups excluding tert-OH is 1. The normalized spacial score (nSPS) is 12.4. The van der Waals surface area contributed by atoms with Gasteiger partial charge in [-0.15, -0.1) is 0 Å². The van der Waals surface area contributed by atoms with Crippen molar-refractivity contribution in [2.45, 2.75) is 12.8 Å². The Hall–Kier alpha value is -0.900. The summed E-state index contributed by atoms with van der Waals surface area (Å²) in [6, 6.07) is 12.2. The predicted molar refractivity (Wildman–Crippen MR) is 83.5 cm³/mol. The van der Waals surface area contributed by atoms with Gasteiger partial charge in [0.15, 0.2) is 0 Å². The van der Waals surface area contributed by atoms with Crippen LogP contribution in [-0.2, 0) is 12.8 Å². The molecule has 0 aliphatic rings. The van der Waals surface area contributed by atoms with Gasteiger partial charge in [0.1, 0.15) is 5.82 Å². The molecule has 0 amide bonds. The summed E-state index contributed by atoms with van der Waals surface area (Å²) < 4.78 is 14.1. The van der Waals surface area contributed by atoms with Gasteiger partial charge in [-0.3, -0.25) is 0 Å². The topological polar surface area (TPSA) is 20.2 Å². The van der Waals surface area contributed by atoms with E-state index < -0.39 is 0 Å². The molecule has 1 atom stereocenters. The molecule has 2 aromatic carbocycles. The van der Waals surface area contributed by atoms with Crippen LogP contribution in [0.4, 0.5) is 4.39 Å². The van der Waals surface area contributed by atoms with E-state index in [0.717, 1.165) is 15.6 Å². The molecule has 0 aliphatic carbocycles. The maximum absolute atomic E-state index is 13.3. The second-order valence-corrected chi connectivity index (χ2v) is 6.05. The zero-order chi connectivity index (χ0) is 14.5. The molecule has 0 saturated carbocycles. The highest BCUT2D eigenvalue weighted by molar-refractivity contribution is 9.10. The summed E-state index contributed by atoms with van der Waals surface area (Å²) >= 11 is 9.55. The first-order chi connectivity index (χ1) is 9.60. The summed E-state index contributed by atoms with van der Waals surface area (Å²) in [5, 5.41) is 10.2. The molecule has 106 valence electrons. The predicted octanol–water partition coefficient (Wildman–Crippen LogP) is 4.64. The maximum atomic E-state index is 13.3. The monoisotopic (exact) mass is 356 g/mol. The Bertz CT molecular complexity index is 588. The smallest absolute Gasteiger partial charge is 0.123 e. The second kappa shape index (κ2) is 7.21. The fraction of sp³-hybridized carbons (Fsp3) is 0.250. The summed E-state index contributed by atoms with van der Waals surface area (Å²) in [6.07, 6.45) is 1.26. The van der Waals surface area contributed by atoms with Crippen molar-refractivity contribution in [1.82, 2.24) is 0 Å². The van der Waals surface area contributed by atoms with Crippen molar-refractivity contribution in [3.05, 3.63) is 68.9 Å². The zero-order valence-electron chi connectivity index (χ0n) is 10.8. The van der Waals surface area contributed by atoms with Crippen LogP contribution in [0.3, 0.4) is 0 Å². The van der Waals surface area contributed by atoms with Crippen LogP contribution in [0.15, 0.2) is 46.9 Å². The van der Waals surface area contributed by atoms with Gasteiger partial charge in [-0.05, 0) is 54.2 Å². The fourth-order valence-corrected chi connectivity index (χ4v) is 2.81. The van der Waals surface area contributed by atoms with Gasteiger partial charge in [0.05, 0.1) is 0 Å². The largest absolute Gasteiger partial charge is 0.396 e. The summed E-state index contributed by atoms with van der Waals surface area (Å²) in [4.78, 5) is 0. The van der Waals surface area contributed by atoms with Gasteiger partial charge in [-0.2, -0.15) is 0 Å². The Balaban J connectivity index is 2.13. The number of hydrogen-bond donors (Lipinski definition) is 1. The molecule has 0 bridgehead atoms. The van der Waals surface area contributed by atoms with Crippen LogP contribution in [0.2, 0.25) is 5.02 Å². The van der Waals surface area contributed by atoms with Crippen molar-refractivity contribution < 1.29 is 9.50 Å². The van der Waals surface area contributed by atoms with Crippen LogP contribution in [0.5, 0.6) is 0 Å². The maximum Gasteiger partial charge on any atom is 0.123 e. The summed E-state index contributed by atoms with van der Waals surface area (Å²) in [6.45, 7) is 0.0359. The molecule has 0 spiro atoms. The first-order valence-electron chi connectivity index (χ1n) is 6.38. The lowest BCUT2D eigenvalue weighted by atomic mass is 9.93. The Labute approximate surface area is 131 Å². The van der Waals surface area contributed by atoms with Crippen LogP contribution in [0.25, 0.3) is 0 Å². The first-order valence-corrected chi connectivity index (χ1v) is 7.55. The van der Waals surface area contributed by atoms with Crippen molar-refractivity contribution in [3.63, 3.8) is 0 Å². The van der Waals surface area contributed by atoms with Crippen molar-refractivity contribution in [1.29, 1.82) is 0 Å². The third-order valence-corrected chi connectivity index (χ3v) is 4.38. The molecule has 4 heteroatoms. The van der Waals surface area contributed by atoms with Gasteiger partial charge in [0, 0.05) is 16.1 Å². The Kier molecular flexibility index (Phi) is 5.58. The molecule has 0 aliphatic heterocycles. The number of aliphatic hydroxyl groups is 1. The van der Waals surface area contributed by atoms with E-state index in [9.17, 15) is 9.50 Å². The van der Waals surface area contributed by atoms with Crippen LogP contribution in [0.1, 0.15) is 11.1 Å². The van der Waals surface area contributed by atoms with E-state index in [1.165, 1.54) is 12.1 Å². The Morgan fingerprint density at radius 1 is 1.10 bits per heavy atom. The molecule has 0 saturated heterocycles. The first kappa shape index (κ1) is 15.5. The summed E-state index contributed by atoms with van der Waals surface area (Å²) in [5.41, 5.74) is 1.86. The minimum Gasteiger partial charge on any atom is -0.396 e. The highest BCUT2D eigenvalue weighted by Crippen LogP contribution is 2.25. The molecule has 0 aromatic heterocycles. The SMILES string of the molecule is OCC(Cc1ccccc1Cl)Cc1cc(F)ccc1Br. The lowest BCUT2D eigenvalue weighted by Gasteiger charge is -2.16. The quantitative estimate of drug-likeness (QED) is 0.827. The van der Waals surface area contributed by atoms with Gasteiger partial charge in [0.25, 0.3) is 0 Å². The van der Waals surface area contributed by atoms with E-state index in [4.69, 9.17) is 11.6 Å². The van der Waals surface area contributed by atoms with Gasteiger partial charge < -0.3 is 5.11 Å². The highest BCUT2D eigenvalue weighted by Gasteiger charge is 2.14. The van der Waals surface area contributed by atoms with Crippen molar-refractivity contribution in [3.8, 4) is 0 Å². The third kappa shape index (κ3) is 4.05. The van der Waals surface area contributed by atoms with Gasteiger partial charge in [-0.1, -0.05) is 45.7 Å². The van der Waals surface area contributed by atoms with Gasteiger partial charge in [0.2, 0.25) is 0 Å². The Morgan fingerprint density at radius 3 is 2.50 bits per heavy atom. The number of halogens is 3. The van der Waals surface area contributed by atoms with Crippen LogP contribution in [0, 0.1) is 11.7 Å². The van der Waals surface area contributed by atoms with Gasteiger partial charge in [-0.25, -0.2) is 4.39 Å². The summed E-state index contributed by atoms with van der Waals surface area (Å²) in [5.74, 6) is -0.259. The zero-order valence-corrected chi connectivity index (χ0v) is 13.2. The lowest BCUT2D eigenvalue weighted by Crippen LogP contribution is -2.13. The molecule has 0 fully saturated rings. The lowest BCUT2D eigenvalue weighted by molar-refractivity contribution is 0.225. The van der Waals surface area contributed by atoms with E-state index in [0.29, 0.717) is 17.9 Å². The molecule has 0 heterocycles. The number of benzene rings is 2. The fourth-order valence-electron chi connectivity index (χ4n) is 2.19. The van der Waals surface area contributed by atoms with Crippen LogP contribution < -0.4 is 0 Å². The van der Waals surface area contributed by atoms with Crippen LogP contribution in [-0.4, -0.2) is 11.7 Å². The average Bonchev–Trinajstić information content (AvgIpc) is 2.44. The number of hydrogen-bond acceptors (Lipinski definition) is 1. The molecule has 1 unspecified atom stereocenters. The van der Waals surface area contributed by atoms with E-state index in [1.54, 1.807) is 6.07 Å². The van der Waals surface area contributed by atoms with Gasteiger partial charge >= 0.3 is 0 Å². The molecular weight excluding hydrogens is 343 g/mol. The van der Waals surface area contributed by atoms with Crippen molar-refractivity contribution in [2.24, 2.45) is 5.92 Å². The van der Waals surface area contributed by atoms with Crippen molar-refractivity contribution >= 4 is 27.5 Å². The molecule has 0 radical (unpaired) electrons. The van der Waals surface area contributed by atoms with Crippen molar-refractivity contribution in [2.75, 3.05) is 6.61 Å². The summed E-state index contributed by atoms with van der Waals surface area (Å²) in [7, 11) is 0. The number of rotatable bonds is 5. The second-order valence-electron chi connectivity index (χ2n) is 4.78. The van der Waals surface area contributed by atoms with Crippen LogP contribution >= 0.6 is 27.5 Å². The highest BCUT2D eigenvalue weighted by atomic mass is 79.9. The van der Waals surface area contributed by atoms with E-state index in [-0.39, 0.29) is 18.3 Å². The van der Waals surface area contributed by atoms with E-state index in [2.05, 4.69) is 15.9 Å². The molecule has 20 heavy (non-hydrogen) atoms. The third-order valence-electron chi connectivity index (χ3n) is 3.24.